The third-order valence-corrected chi connectivity index (χ3v) is 3.02. The molecule has 4 nitrogen and oxygen atoms in total. The lowest BCUT2D eigenvalue weighted by molar-refractivity contribution is 0.0706. The van der Waals surface area contributed by atoms with Crippen molar-refractivity contribution < 1.29 is 0 Å². The molecule has 1 rings (SSSR count). The van der Waals surface area contributed by atoms with Crippen molar-refractivity contribution in [2.24, 2.45) is 16.7 Å². The molecule has 1 saturated carbocycles. The maximum atomic E-state index is 9.11. The largest absolute Gasteiger partial charge is 0.196 e. The summed E-state index contributed by atoms with van der Waals surface area (Å²) in [5.41, 5.74) is -2.02. The second-order valence-corrected chi connectivity index (χ2v) is 4.22. The molecule has 0 bridgehead atoms. The van der Waals surface area contributed by atoms with E-state index in [-0.39, 0.29) is 12.3 Å². The molecule has 1 atom stereocenters. The summed E-state index contributed by atoms with van der Waals surface area (Å²) >= 11 is 0. The Morgan fingerprint density at radius 1 is 1.06 bits per heavy atom. The third kappa shape index (κ3) is 1.18. The van der Waals surface area contributed by atoms with Crippen molar-refractivity contribution in [3.05, 3.63) is 11.6 Å². The van der Waals surface area contributed by atoms with Gasteiger partial charge in [-0.25, -0.2) is 0 Å². The van der Waals surface area contributed by atoms with Gasteiger partial charge < -0.3 is 0 Å². The molecule has 1 unspecified atom stereocenters. The van der Waals surface area contributed by atoms with Crippen LogP contribution in [0.2, 0.25) is 0 Å². The van der Waals surface area contributed by atoms with E-state index in [1.54, 1.807) is 6.08 Å². The number of rotatable bonds is 1. The summed E-state index contributed by atoms with van der Waals surface area (Å²) in [4.78, 5) is 0. The lowest BCUT2D eigenvalue weighted by Crippen LogP contribution is -2.55. The van der Waals surface area contributed by atoms with Crippen LogP contribution in [0.1, 0.15) is 20.3 Å². The minimum atomic E-state index is -1.52. The minimum absolute atomic E-state index is 0.256. The maximum Gasteiger partial charge on any atom is 0.181 e. The fourth-order valence-electron chi connectivity index (χ4n) is 2.09. The van der Waals surface area contributed by atoms with Crippen LogP contribution in [0.25, 0.3) is 0 Å². The summed E-state index contributed by atoms with van der Waals surface area (Å²) in [6, 6.07) is 7.37. The van der Waals surface area contributed by atoms with Gasteiger partial charge >= 0.3 is 0 Å². The van der Waals surface area contributed by atoms with E-state index in [4.69, 9.17) is 21.0 Å². The minimum Gasteiger partial charge on any atom is -0.196 e. The van der Waals surface area contributed by atoms with Crippen LogP contribution in [0.3, 0.4) is 0 Å². The van der Waals surface area contributed by atoms with Crippen molar-refractivity contribution in [2.45, 2.75) is 20.3 Å². The third-order valence-electron chi connectivity index (χ3n) is 3.02. The summed E-state index contributed by atoms with van der Waals surface area (Å²) in [5.74, 6) is -0.327. The first-order valence-corrected chi connectivity index (χ1v) is 4.82. The summed E-state index contributed by atoms with van der Waals surface area (Å²) in [6.45, 7) is 3.72. The molecule has 0 aliphatic heterocycles. The lowest BCUT2D eigenvalue weighted by Gasteiger charge is -2.47. The van der Waals surface area contributed by atoms with E-state index in [1.165, 1.54) is 0 Å². The van der Waals surface area contributed by atoms with Crippen LogP contribution in [-0.2, 0) is 0 Å². The molecule has 0 saturated heterocycles. The van der Waals surface area contributed by atoms with E-state index in [0.29, 0.717) is 0 Å². The highest BCUT2D eigenvalue weighted by Gasteiger charge is 2.68. The number of nitriles is 4. The zero-order chi connectivity index (χ0) is 12.4. The topological polar surface area (TPSA) is 95.2 Å². The Morgan fingerprint density at radius 2 is 1.56 bits per heavy atom. The molecule has 0 aromatic rings. The molecule has 1 aliphatic carbocycles. The second-order valence-electron chi connectivity index (χ2n) is 4.22. The van der Waals surface area contributed by atoms with Crippen LogP contribution < -0.4 is 0 Å². The number of hydrogen-bond donors (Lipinski definition) is 0. The fraction of sp³-hybridized carbons (Fsp3) is 0.500. The number of nitrogens with zero attached hydrogens (tertiary/aromatic N) is 4. The number of allylic oxidation sites excluding steroid dienone is 2. The highest BCUT2D eigenvalue weighted by atomic mass is 14.7. The summed E-state index contributed by atoms with van der Waals surface area (Å²) in [7, 11) is 0. The van der Waals surface area contributed by atoms with Crippen molar-refractivity contribution in [3.63, 3.8) is 0 Å². The molecule has 1 fully saturated rings. The van der Waals surface area contributed by atoms with Gasteiger partial charge in [-0.15, -0.1) is 0 Å². The van der Waals surface area contributed by atoms with Gasteiger partial charge in [-0.3, -0.25) is 0 Å². The lowest BCUT2D eigenvalue weighted by atomic mass is 9.45. The van der Waals surface area contributed by atoms with Crippen LogP contribution in [0, 0.1) is 62.1 Å². The molecule has 0 amide bonds. The van der Waals surface area contributed by atoms with Gasteiger partial charge in [-0.2, -0.15) is 21.0 Å². The van der Waals surface area contributed by atoms with Gasteiger partial charge in [0, 0.05) is 5.92 Å². The second kappa shape index (κ2) is 3.69. The molecular weight excluding hydrogens is 200 g/mol. The molecule has 0 spiro atoms. The van der Waals surface area contributed by atoms with Gasteiger partial charge in [0.15, 0.2) is 10.8 Å². The predicted molar refractivity (Wildman–Crippen MR) is 54.9 cm³/mol. The SMILES string of the molecule is CC(C)=CC1CC(C#N)(C#N)C1(C#N)C#N. The van der Waals surface area contributed by atoms with E-state index in [2.05, 4.69) is 0 Å². The average molecular weight is 210 g/mol. The molecule has 0 aromatic heterocycles. The molecule has 4 heteroatoms. The Morgan fingerprint density at radius 3 is 1.88 bits per heavy atom. The van der Waals surface area contributed by atoms with Gasteiger partial charge in [0.05, 0.1) is 24.3 Å². The summed E-state index contributed by atoms with van der Waals surface area (Å²) < 4.78 is 0. The molecule has 16 heavy (non-hydrogen) atoms. The van der Waals surface area contributed by atoms with Crippen LogP contribution in [0.15, 0.2) is 11.6 Å². The zero-order valence-electron chi connectivity index (χ0n) is 9.15. The average Bonchev–Trinajstić information content (AvgIpc) is 2.25. The van der Waals surface area contributed by atoms with E-state index >= 15 is 0 Å². The van der Waals surface area contributed by atoms with Crippen LogP contribution in [0.5, 0.6) is 0 Å². The van der Waals surface area contributed by atoms with Crippen molar-refractivity contribution >= 4 is 0 Å². The highest BCUT2D eigenvalue weighted by Crippen LogP contribution is 2.60. The van der Waals surface area contributed by atoms with Crippen molar-refractivity contribution in [3.8, 4) is 24.3 Å². The molecule has 1 aliphatic rings. The van der Waals surface area contributed by atoms with E-state index < -0.39 is 10.8 Å². The molecular formula is C12H10N4. The quantitative estimate of drug-likeness (QED) is 0.618. The molecule has 0 radical (unpaired) electrons. The molecule has 78 valence electrons. The molecule has 0 N–H and O–H groups in total. The summed E-state index contributed by atoms with van der Waals surface area (Å²) in [6.07, 6.45) is 2.05. The Hall–Kier alpha value is -2.30. The zero-order valence-corrected chi connectivity index (χ0v) is 9.15. The first kappa shape index (κ1) is 11.8. The first-order chi connectivity index (χ1) is 7.51. The smallest absolute Gasteiger partial charge is 0.181 e. The van der Waals surface area contributed by atoms with Gasteiger partial charge in [-0.05, 0) is 20.3 Å². The van der Waals surface area contributed by atoms with Crippen LogP contribution >= 0.6 is 0 Å². The van der Waals surface area contributed by atoms with Gasteiger partial charge in [0.2, 0.25) is 0 Å². The highest BCUT2D eigenvalue weighted by molar-refractivity contribution is 5.44. The van der Waals surface area contributed by atoms with Gasteiger partial charge in [0.25, 0.3) is 0 Å². The van der Waals surface area contributed by atoms with Crippen LogP contribution in [-0.4, -0.2) is 0 Å². The van der Waals surface area contributed by atoms with Crippen molar-refractivity contribution in [2.75, 3.05) is 0 Å². The van der Waals surface area contributed by atoms with Crippen molar-refractivity contribution in [1.29, 1.82) is 21.0 Å². The monoisotopic (exact) mass is 210 g/mol. The predicted octanol–water partition coefficient (Wildman–Crippen LogP) is 2.04. The van der Waals surface area contributed by atoms with Crippen LogP contribution in [0.4, 0.5) is 0 Å². The Bertz CT molecular complexity index is 469. The van der Waals surface area contributed by atoms with E-state index in [1.807, 2.05) is 38.1 Å². The Kier molecular flexibility index (Phi) is 2.72. The van der Waals surface area contributed by atoms with Gasteiger partial charge in [-0.1, -0.05) is 11.6 Å². The Balaban J connectivity index is 3.28. The van der Waals surface area contributed by atoms with E-state index in [9.17, 15) is 0 Å². The molecule has 0 aromatic carbocycles. The normalized spacial score (nSPS) is 23.5. The van der Waals surface area contributed by atoms with E-state index in [0.717, 1.165) is 5.57 Å². The Labute approximate surface area is 94.6 Å². The fourth-order valence-corrected chi connectivity index (χ4v) is 2.09. The molecule has 0 heterocycles. The maximum absolute atomic E-state index is 9.11. The van der Waals surface area contributed by atoms with Crippen molar-refractivity contribution in [1.82, 2.24) is 0 Å². The number of hydrogen-bond acceptors (Lipinski definition) is 4. The standard InChI is InChI=1S/C12H10N4/c1-9(2)3-10-4-11(5-13,6-14)12(10,7-15)8-16/h3,10H,4H2,1-2H3. The first-order valence-electron chi connectivity index (χ1n) is 4.82. The summed E-state index contributed by atoms with van der Waals surface area (Å²) in [5, 5.41) is 36.2. The van der Waals surface area contributed by atoms with Gasteiger partial charge in [0.1, 0.15) is 0 Å².